The van der Waals surface area contributed by atoms with Gasteiger partial charge >= 0.3 is 5.97 Å². The van der Waals surface area contributed by atoms with Gasteiger partial charge in [0.15, 0.2) is 0 Å². The molecule has 1 saturated heterocycles. The maximum Gasteiger partial charge on any atom is 0.335 e. The standard InChI is InChI=1S/C24H16BrClN2O6S/c1-12-2-3-13(23(31)32)8-16(12)19-7-5-15(34-19)10-20-22(30)28(24(33)35-20)11-21(29)27-14-4-6-17(25)18(26)9-14/h2-10H,11H2,1H3,(H,27,29)(H,31,32)/b20-10-. The first kappa shape index (κ1) is 24.8. The molecule has 2 aromatic carbocycles. The molecular weight excluding hydrogens is 560 g/mol. The van der Waals surface area contributed by atoms with Crippen LogP contribution in [0.4, 0.5) is 10.5 Å². The van der Waals surface area contributed by atoms with Crippen LogP contribution >= 0.6 is 39.3 Å². The number of furan rings is 1. The normalized spacial score (nSPS) is 14.6. The Hall–Kier alpha value is -3.34. The molecule has 1 aliphatic heterocycles. The van der Waals surface area contributed by atoms with Gasteiger partial charge in [0, 0.05) is 21.8 Å². The molecule has 4 rings (SSSR count). The Labute approximate surface area is 217 Å². The van der Waals surface area contributed by atoms with Gasteiger partial charge in [-0.25, -0.2) is 4.79 Å². The van der Waals surface area contributed by atoms with Crippen molar-refractivity contribution >= 4 is 74.1 Å². The van der Waals surface area contributed by atoms with E-state index in [9.17, 15) is 24.3 Å². The van der Waals surface area contributed by atoms with Crippen molar-refractivity contribution < 1.29 is 28.7 Å². The quantitative estimate of drug-likeness (QED) is 0.344. The average molecular weight is 576 g/mol. The second kappa shape index (κ2) is 10.1. The van der Waals surface area contributed by atoms with Crippen molar-refractivity contribution in [3.05, 3.63) is 79.8 Å². The van der Waals surface area contributed by atoms with Crippen LogP contribution in [0.25, 0.3) is 17.4 Å². The number of halogens is 2. The molecule has 11 heteroatoms. The van der Waals surface area contributed by atoms with Crippen molar-refractivity contribution in [2.75, 3.05) is 11.9 Å². The zero-order chi connectivity index (χ0) is 25.3. The summed E-state index contributed by atoms with van der Waals surface area (Å²) in [7, 11) is 0. The predicted octanol–water partition coefficient (Wildman–Crippen LogP) is 6.04. The molecule has 2 N–H and O–H groups in total. The van der Waals surface area contributed by atoms with Crippen LogP contribution < -0.4 is 5.32 Å². The van der Waals surface area contributed by atoms with Crippen molar-refractivity contribution in [3.63, 3.8) is 0 Å². The average Bonchev–Trinajstić information content (AvgIpc) is 3.36. The van der Waals surface area contributed by atoms with Crippen molar-refractivity contribution in [2.24, 2.45) is 0 Å². The van der Waals surface area contributed by atoms with E-state index in [2.05, 4.69) is 21.2 Å². The van der Waals surface area contributed by atoms with Crippen LogP contribution in [0, 0.1) is 6.92 Å². The highest BCUT2D eigenvalue weighted by Crippen LogP contribution is 2.34. The smallest absolute Gasteiger partial charge is 0.335 e. The zero-order valence-electron chi connectivity index (χ0n) is 18.0. The summed E-state index contributed by atoms with van der Waals surface area (Å²) in [6, 6.07) is 12.8. The number of anilines is 1. The first-order valence-electron chi connectivity index (χ1n) is 10.1. The van der Waals surface area contributed by atoms with Crippen LogP contribution in [0.5, 0.6) is 0 Å². The Kier molecular flexibility index (Phi) is 7.15. The van der Waals surface area contributed by atoms with E-state index in [4.69, 9.17) is 16.0 Å². The lowest BCUT2D eigenvalue weighted by Gasteiger charge is -2.12. The fourth-order valence-electron chi connectivity index (χ4n) is 3.28. The second-order valence-electron chi connectivity index (χ2n) is 7.48. The van der Waals surface area contributed by atoms with Crippen molar-refractivity contribution in [1.82, 2.24) is 4.90 Å². The molecule has 1 aromatic heterocycles. The van der Waals surface area contributed by atoms with Crippen LogP contribution in [-0.2, 0) is 9.59 Å². The number of imide groups is 1. The van der Waals surface area contributed by atoms with Crippen molar-refractivity contribution in [2.45, 2.75) is 6.92 Å². The van der Waals surface area contributed by atoms with E-state index in [0.29, 0.717) is 44.0 Å². The molecule has 3 aromatic rings. The van der Waals surface area contributed by atoms with E-state index >= 15 is 0 Å². The van der Waals surface area contributed by atoms with E-state index in [1.807, 2.05) is 6.92 Å². The molecule has 1 fully saturated rings. The third-order valence-corrected chi connectivity index (χ3v) is 7.17. The zero-order valence-corrected chi connectivity index (χ0v) is 21.2. The number of amides is 3. The molecule has 2 heterocycles. The number of rotatable bonds is 6. The minimum Gasteiger partial charge on any atom is -0.478 e. The summed E-state index contributed by atoms with van der Waals surface area (Å²) in [4.78, 5) is 49.8. The number of nitrogens with zero attached hydrogens (tertiary/aromatic N) is 1. The highest BCUT2D eigenvalue weighted by Gasteiger charge is 2.36. The van der Waals surface area contributed by atoms with Gasteiger partial charge in [-0.1, -0.05) is 17.7 Å². The van der Waals surface area contributed by atoms with E-state index in [1.165, 1.54) is 18.2 Å². The third kappa shape index (κ3) is 5.50. The molecular formula is C24H16BrClN2O6S. The molecule has 0 bridgehead atoms. The maximum absolute atomic E-state index is 12.8. The second-order valence-corrected chi connectivity index (χ2v) is 9.74. The Bertz CT molecular complexity index is 1420. The van der Waals surface area contributed by atoms with Gasteiger partial charge in [0.05, 0.1) is 15.5 Å². The number of carbonyl (C=O) groups excluding carboxylic acids is 3. The fourth-order valence-corrected chi connectivity index (χ4v) is 4.52. The molecule has 3 amide bonds. The number of aromatic carboxylic acids is 1. The number of hydrogen-bond acceptors (Lipinski definition) is 6. The number of carboxylic acid groups (broad SMARTS) is 1. The van der Waals surface area contributed by atoms with Gasteiger partial charge in [-0.05, 0) is 82.6 Å². The lowest BCUT2D eigenvalue weighted by molar-refractivity contribution is -0.127. The van der Waals surface area contributed by atoms with Crippen LogP contribution in [0.3, 0.4) is 0 Å². The minimum atomic E-state index is -1.06. The summed E-state index contributed by atoms with van der Waals surface area (Å²) in [6.45, 7) is 1.36. The fraction of sp³-hybridized carbons (Fsp3) is 0.0833. The largest absolute Gasteiger partial charge is 0.478 e. The SMILES string of the molecule is Cc1ccc(C(=O)O)cc1-c1ccc(/C=C2\SC(=O)N(CC(=O)Nc3ccc(Br)c(Cl)c3)C2=O)o1. The van der Waals surface area contributed by atoms with Crippen molar-refractivity contribution in [1.29, 1.82) is 0 Å². The molecule has 8 nitrogen and oxygen atoms in total. The predicted molar refractivity (Wildman–Crippen MR) is 136 cm³/mol. The van der Waals surface area contributed by atoms with Crippen LogP contribution in [-0.4, -0.2) is 39.6 Å². The van der Waals surface area contributed by atoms with E-state index < -0.39 is 29.6 Å². The topological polar surface area (TPSA) is 117 Å². The molecule has 178 valence electrons. The highest BCUT2D eigenvalue weighted by molar-refractivity contribution is 9.10. The molecule has 0 atom stereocenters. The lowest BCUT2D eigenvalue weighted by atomic mass is 10.0. The van der Waals surface area contributed by atoms with E-state index in [0.717, 1.165) is 10.5 Å². The molecule has 0 aliphatic carbocycles. The van der Waals surface area contributed by atoms with Gasteiger partial charge < -0.3 is 14.8 Å². The first-order valence-corrected chi connectivity index (χ1v) is 12.1. The van der Waals surface area contributed by atoms with Crippen LogP contribution in [0.2, 0.25) is 5.02 Å². The summed E-state index contributed by atoms with van der Waals surface area (Å²) >= 11 is 9.98. The Balaban J connectivity index is 1.48. The van der Waals surface area contributed by atoms with Crippen LogP contribution in [0.15, 0.2) is 62.3 Å². The Morgan fingerprint density at radius 1 is 1.17 bits per heavy atom. The third-order valence-electron chi connectivity index (χ3n) is 5.03. The summed E-state index contributed by atoms with van der Waals surface area (Å²) in [5.41, 5.74) is 1.96. The van der Waals surface area contributed by atoms with Gasteiger partial charge in [0.25, 0.3) is 11.1 Å². The van der Waals surface area contributed by atoms with Gasteiger partial charge in [-0.2, -0.15) is 0 Å². The highest BCUT2D eigenvalue weighted by atomic mass is 79.9. The summed E-state index contributed by atoms with van der Waals surface area (Å²) in [5.74, 6) is -1.51. The number of benzene rings is 2. The van der Waals surface area contributed by atoms with E-state index in [-0.39, 0.29) is 10.5 Å². The number of thioether (sulfide) groups is 1. The van der Waals surface area contributed by atoms with E-state index in [1.54, 1.807) is 36.4 Å². The number of carboxylic acids is 1. The van der Waals surface area contributed by atoms with Crippen molar-refractivity contribution in [3.8, 4) is 11.3 Å². The van der Waals surface area contributed by atoms with Gasteiger partial charge in [0.1, 0.15) is 18.1 Å². The molecule has 0 unspecified atom stereocenters. The first-order chi connectivity index (χ1) is 16.6. The number of carbonyl (C=O) groups is 4. The summed E-state index contributed by atoms with van der Waals surface area (Å²) in [6.07, 6.45) is 1.41. The summed E-state index contributed by atoms with van der Waals surface area (Å²) in [5, 5.41) is 11.7. The van der Waals surface area contributed by atoms with Crippen LogP contribution in [0.1, 0.15) is 21.7 Å². The monoisotopic (exact) mass is 574 g/mol. The molecule has 35 heavy (non-hydrogen) atoms. The molecule has 0 spiro atoms. The van der Waals surface area contributed by atoms with Gasteiger partial charge in [-0.3, -0.25) is 19.3 Å². The lowest BCUT2D eigenvalue weighted by Crippen LogP contribution is -2.36. The molecule has 1 aliphatic rings. The Morgan fingerprint density at radius 2 is 1.94 bits per heavy atom. The molecule has 0 radical (unpaired) electrons. The summed E-state index contributed by atoms with van der Waals surface area (Å²) < 4.78 is 6.45. The minimum absolute atomic E-state index is 0.103. The maximum atomic E-state index is 12.8. The van der Waals surface area contributed by atoms with Gasteiger partial charge in [-0.15, -0.1) is 0 Å². The number of nitrogens with one attached hydrogen (secondary N) is 1. The Morgan fingerprint density at radius 3 is 2.66 bits per heavy atom. The number of aryl methyl sites for hydroxylation is 1. The van der Waals surface area contributed by atoms with Gasteiger partial charge in [0.2, 0.25) is 5.91 Å². The molecule has 0 saturated carbocycles. The number of hydrogen-bond donors (Lipinski definition) is 2.